The molecule has 0 aliphatic carbocycles. The highest BCUT2D eigenvalue weighted by atomic mass is 32.2. The van der Waals surface area contributed by atoms with Crippen molar-refractivity contribution in [3.8, 4) is 11.5 Å². The predicted octanol–water partition coefficient (Wildman–Crippen LogP) is 2.88. The van der Waals surface area contributed by atoms with Gasteiger partial charge in [-0.3, -0.25) is 0 Å². The molecule has 0 N–H and O–H groups in total. The lowest BCUT2D eigenvalue weighted by Crippen LogP contribution is -2.37. The van der Waals surface area contributed by atoms with Crippen molar-refractivity contribution in [1.82, 2.24) is 14.5 Å². The Morgan fingerprint density at radius 1 is 1.17 bits per heavy atom. The van der Waals surface area contributed by atoms with Gasteiger partial charge in [0.2, 0.25) is 15.9 Å². The first-order chi connectivity index (χ1) is 11.0. The van der Waals surface area contributed by atoms with E-state index in [1.165, 1.54) is 11.8 Å². The van der Waals surface area contributed by atoms with Gasteiger partial charge in [-0.05, 0) is 49.3 Å². The number of hydrogen-bond acceptors (Lipinski definition) is 6. The highest BCUT2D eigenvalue weighted by Gasteiger charge is 2.28. The third-order valence-corrected chi connectivity index (χ3v) is 6.49. The maximum absolute atomic E-state index is 12.7. The quantitative estimate of drug-likeness (QED) is 0.787. The van der Waals surface area contributed by atoms with Crippen LogP contribution in [0.2, 0.25) is 0 Å². The summed E-state index contributed by atoms with van der Waals surface area (Å²) in [6, 6.07) is 6.62. The lowest BCUT2D eigenvalue weighted by Gasteiger charge is -2.29. The zero-order valence-corrected chi connectivity index (χ0v) is 14.7. The van der Waals surface area contributed by atoms with Crippen LogP contribution in [0.1, 0.15) is 19.8 Å². The standard InChI is InChI=1S/C15H19N3O3S2/c1-11-7-9-18(10-8-11)23(19,20)13-5-3-12(4-6-13)14-16-17-15(21-14)22-2/h3-6,11H,7-10H2,1-2H3. The van der Waals surface area contributed by atoms with Crippen molar-refractivity contribution in [2.75, 3.05) is 19.3 Å². The number of aromatic nitrogens is 2. The maximum Gasteiger partial charge on any atom is 0.276 e. The van der Waals surface area contributed by atoms with Crippen LogP contribution < -0.4 is 0 Å². The molecule has 0 spiro atoms. The van der Waals surface area contributed by atoms with Crippen LogP contribution in [0.15, 0.2) is 38.8 Å². The largest absolute Gasteiger partial charge is 0.411 e. The molecule has 1 aromatic carbocycles. The van der Waals surface area contributed by atoms with E-state index in [2.05, 4.69) is 17.1 Å². The molecular weight excluding hydrogens is 334 g/mol. The molecule has 6 nitrogen and oxygen atoms in total. The van der Waals surface area contributed by atoms with Crippen molar-refractivity contribution in [3.63, 3.8) is 0 Å². The monoisotopic (exact) mass is 353 g/mol. The fourth-order valence-corrected chi connectivity index (χ4v) is 4.31. The van der Waals surface area contributed by atoms with Gasteiger partial charge in [-0.15, -0.1) is 10.2 Å². The van der Waals surface area contributed by atoms with Gasteiger partial charge in [0.1, 0.15) is 0 Å². The average molecular weight is 353 g/mol. The van der Waals surface area contributed by atoms with Crippen molar-refractivity contribution >= 4 is 21.8 Å². The van der Waals surface area contributed by atoms with Crippen molar-refractivity contribution in [2.24, 2.45) is 5.92 Å². The van der Waals surface area contributed by atoms with Gasteiger partial charge in [0.25, 0.3) is 5.22 Å². The molecule has 1 fully saturated rings. The Morgan fingerprint density at radius 2 is 1.83 bits per heavy atom. The highest BCUT2D eigenvalue weighted by Crippen LogP contribution is 2.26. The smallest absolute Gasteiger partial charge is 0.276 e. The first-order valence-electron chi connectivity index (χ1n) is 7.49. The van der Waals surface area contributed by atoms with Gasteiger partial charge in [0, 0.05) is 18.7 Å². The molecule has 0 bridgehead atoms. The fraction of sp³-hybridized carbons (Fsp3) is 0.467. The van der Waals surface area contributed by atoms with Gasteiger partial charge in [-0.1, -0.05) is 18.7 Å². The van der Waals surface area contributed by atoms with E-state index in [4.69, 9.17) is 4.42 Å². The Bertz CT molecular complexity index is 764. The van der Waals surface area contributed by atoms with Crippen LogP contribution in [0.3, 0.4) is 0 Å². The van der Waals surface area contributed by atoms with Crippen LogP contribution in [-0.2, 0) is 10.0 Å². The molecule has 1 aliphatic rings. The van der Waals surface area contributed by atoms with Gasteiger partial charge < -0.3 is 4.42 Å². The van der Waals surface area contributed by atoms with E-state index in [1.807, 2.05) is 6.26 Å². The average Bonchev–Trinajstić information content (AvgIpc) is 3.04. The summed E-state index contributed by atoms with van der Waals surface area (Å²) in [7, 11) is -3.42. The maximum atomic E-state index is 12.7. The minimum absolute atomic E-state index is 0.306. The number of nitrogens with zero attached hydrogens (tertiary/aromatic N) is 3. The second-order valence-corrected chi connectivity index (χ2v) is 8.38. The molecule has 0 amide bonds. The van der Waals surface area contributed by atoms with Crippen molar-refractivity contribution in [3.05, 3.63) is 24.3 Å². The van der Waals surface area contributed by atoms with Crippen LogP contribution >= 0.6 is 11.8 Å². The summed E-state index contributed by atoms with van der Waals surface area (Å²) >= 11 is 1.37. The summed E-state index contributed by atoms with van der Waals surface area (Å²) in [5.41, 5.74) is 0.712. The second-order valence-electron chi connectivity index (χ2n) is 5.69. The number of benzene rings is 1. The number of sulfonamides is 1. The Hall–Kier alpha value is -1.38. The topological polar surface area (TPSA) is 76.3 Å². The number of hydrogen-bond donors (Lipinski definition) is 0. The zero-order chi connectivity index (χ0) is 16.4. The molecule has 1 saturated heterocycles. The van der Waals surface area contributed by atoms with Crippen LogP contribution in [-0.4, -0.2) is 42.3 Å². The number of rotatable bonds is 4. The van der Waals surface area contributed by atoms with Crippen LogP contribution in [0, 0.1) is 5.92 Å². The van der Waals surface area contributed by atoms with E-state index < -0.39 is 10.0 Å². The third kappa shape index (κ3) is 3.44. The SMILES string of the molecule is CSc1nnc(-c2ccc(S(=O)(=O)N3CCC(C)CC3)cc2)o1. The molecule has 0 unspecified atom stereocenters. The molecule has 23 heavy (non-hydrogen) atoms. The fourth-order valence-electron chi connectivity index (χ4n) is 2.55. The molecule has 2 aromatic rings. The molecule has 2 heterocycles. The van der Waals surface area contributed by atoms with Gasteiger partial charge in [0.05, 0.1) is 4.90 Å². The van der Waals surface area contributed by atoms with Crippen molar-refractivity contribution in [2.45, 2.75) is 29.9 Å². The van der Waals surface area contributed by atoms with Crippen LogP contribution in [0.5, 0.6) is 0 Å². The first-order valence-corrected chi connectivity index (χ1v) is 10.2. The summed E-state index contributed by atoms with van der Waals surface area (Å²) in [5.74, 6) is 0.983. The van der Waals surface area contributed by atoms with Gasteiger partial charge in [-0.25, -0.2) is 8.42 Å². The molecule has 124 valence electrons. The zero-order valence-electron chi connectivity index (χ0n) is 13.1. The molecule has 0 radical (unpaired) electrons. The van der Waals surface area contributed by atoms with E-state index in [1.54, 1.807) is 28.6 Å². The predicted molar refractivity (Wildman–Crippen MR) is 88.7 cm³/mol. The first kappa shape index (κ1) is 16.5. The van der Waals surface area contributed by atoms with Crippen LogP contribution in [0.25, 0.3) is 11.5 Å². The second kappa shape index (κ2) is 6.62. The van der Waals surface area contributed by atoms with E-state index in [9.17, 15) is 8.42 Å². The lowest BCUT2D eigenvalue weighted by molar-refractivity contribution is 0.288. The van der Waals surface area contributed by atoms with Gasteiger partial charge in [-0.2, -0.15) is 4.31 Å². The van der Waals surface area contributed by atoms with Crippen molar-refractivity contribution in [1.29, 1.82) is 0 Å². The molecule has 0 atom stereocenters. The third-order valence-electron chi connectivity index (χ3n) is 4.06. The number of piperidine rings is 1. The Balaban J connectivity index is 1.81. The summed E-state index contributed by atoms with van der Waals surface area (Å²) in [5, 5.41) is 8.32. The lowest BCUT2D eigenvalue weighted by atomic mass is 10.0. The molecule has 1 aliphatic heterocycles. The number of thioether (sulfide) groups is 1. The molecule has 3 rings (SSSR count). The van der Waals surface area contributed by atoms with E-state index in [0.717, 1.165) is 12.8 Å². The summed E-state index contributed by atoms with van der Waals surface area (Å²) < 4.78 is 32.3. The molecule has 8 heteroatoms. The normalized spacial score (nSPS) is 17.5. The van der Waals surface area contributed by atoms with Gasteiger partial charge >= 0.3 is 0 Å². The van der Waals surface area contributed by atoms with Crippen LogP contribution in [0.4, 0.5) is 0 Å². The molecule has 1 aromatic heterocycles. The van der Waals surface area contributed by atoms with E-state index >= 15 is 0 Å². The minimum atomic E-state index is -3.42. The van der Waals surface area contributed by atoms with Crippen molar-refractivity contribution < 1.29 is 12.8 Å². The van der Waals surface area contributed by atoms with E-state index in [0.29, 0.717) is 40.6 Å². The highest BCUT2D eigenvalue weighted by molar-refractivity contribution is 7.98. The van der Waals surface area contributed by atoms with Gasteiger partial charge in [0.15, 0.2) is 0 Å². The Morgan fingerprint density at radius 3 is 2.39 bits per heavy atom. The summed E-state index contributed by atoms with van der Waals surface area (Å²) in [6.45, 7) is 3.34. The Kier molecular flexibility index (Phi) is 4.74. The summed E-state index contributed by atoms with van der Waals surface area (Å²) in [4.78, 5) is 0.306. The Labute approximate surface area is 140 Å². The molecular formula is C15H19N3O3S2. The summed E-state index contributed by atoms with van der Waals surface area (Å²) in [6.07, 6.45) is 3.68. The van der Waals surface area contributed by atoms with E-state index in [-0.39, 0.29) is 0 Å². The minimum Gasteiger partial charge on any atom is -0.411 e. The molecule has 0 saturated carbocycles.